The first kappa shape index (κ1) is 18.7. The van der Waals surface area contributed by atoms with Crippen molar-refractivity contribution in [3.63, 3.8) is 0 Å². The van der Waals surface area contributed by atoms with Crippen molar-refractivity contribution < 1.29 is 24.0 Å². The van der Waals surface area contributed by atoms with E-state index in [0.717, 1.165) is 19.2 Å². The highest BCUT2D eigenvalue weighted by Gasteiger charge is 2.28. The molecule has 1 aromatic carbocycles. The van der Waals surface area contributed by atoms with Crippen LogP contribution in [-0.2, 0) is 19.1 Å². The molecule has 0 aromatic heterocycles. The van der Waals surface area contributed by atoms with E-state index >= 15 is 0 Å². The lowest BCUT2D eigenvalue weighted by molar-refractivity contribution is -0.385. The van der Waals surface area contributed by atoms with E-state index in [0.29, 0.717) is 0 Å². The quantitative estimate of drug-likeness (QED) is 0.142. The minimum Gasteiger partial charge on any atom is -0.466 e. The van der Waals surface area contributed by atoms with Gasteiger partial charge in [-0.3, -0.25) is 14.9 Å². The number of esters is 2. The first-order valence-corrected chi connectivity index (χ1v) is 6.65. The average molecular weight is 334 g/mol. The summed E-state index contributed by atoms with van der Waals surface area (Å²) in [6, 6.07) is 3.35. The predicted octanol–water partition coefficient (Wildman–Crippen LogP) is 3.26. The lowest BCUT2D eigenvalue weighted by Crippen LogP contribution is -2.18. The average Bonchev–Trinajstić information content (AvgIpc) is 2.58. The molecule has 0 aliphatic carbocycles. The molecule has 1 unspecified atom stereocenters. The van der Waals surface area contributed by atoms with Crippen LogP contribution in [0.4, 0.5) is 11.4 Å². The summed E-state index contributed by atoms with van der Waals surface area (Å²) in [5, 5.41) is 14.4. The first-order valence-electron chi connectivity index (χ1n) is 6.65. The number of nitro groups is 1. The lowest BCUT2D eigenvalue weighted by Gasteiger charge is -2.20. The fourth-order valence-corrected chi connectivity index (χ4v) is 1.78. The van der Waals surface area contributed by atoms with Gasteiger partial charge in [-0.05, 0) is 11.6 Å². The number of nitro benzene ring substituents is 1. The van der Waals surface area contributed by atoms with Crippen molar-refractivity contribution in [3.8, 4) is 0 Å². The number of benzene rings is 1. The van der Waals surface area contributed by atoms with Gasteiger partial charge in [-0.2, -0.15) is 0 Å². The highest BCUT2D eigenvalue weighted by molar-refractivity contribution is 5.90. The normalized spacial score (nSPS) is 10.9. The molecule has 126 valence electrons. The van der Waals surface area contributed by atoms with E-state index in [4.69, 9.17) is 10.3 Å². The fourth-order valence-electron chi connectivity index (χ4n) is 1.78. The zero-order valence-electron chi connectivity index (χ0n) is 13.0. The van der Waals surface area contributed by atoms with Gasteiger partial charge in [-0.25, -0.2) is 4.79 Å². The van der Waals surface area contributed by atoms with Gasteiger partial charge in [-0.15, -0.1) is 0 Å². The summed E-state index contributed by atoms with van der Waals surface area (Å²) in [5.41, 5.74) is 7.94. The number of carbonyl (C=O) groups excluding carboxylic acids is 2. The second kappa shape index (κ2) is 8.30. The molecule has 0 amide bonds. The van der Waals surface area contributed by atoms with Crippen LogP contribution in [0.15, 0.2) is 35.5 Å². The molecule has 0 bridgehead atoms. The largest absolute Gasteiger partial charge is 0.466 e. The maximum absolute atomic E-state index is 11.7. The van der Waals surface area contributed by atoms with Gasteiger partial charge in [-0.1, -0.05) is 18.6 Å². The Kier molecular flexibility index (Phi) is 6.45. The first-order chi connectivity index (χ1) is 11.3. The third-order valence-electron chi connectivity index (χ3n) is 2.96. The molecule has 24 heavy (non-hydrogen) atoms. The number of ether oxygens (including phenoxy) is 2. The molecule has 1 aromatic rings. The van der Waals surface area contributed by atoms with Crippen LogP contribution in [0.5, 0.6) is 0 Å². The Labute approximate surface area is 136 Å². The standard InChI is InChI=1S/C14H14N4O6/c1-4-12(19)24-13(8(2)14(20)23-3)10-7-9(18(21)22)5-6-11(10)16-17-15/h5-7,13H,2,4H2,1,3H3. The van der Waals surface area contributed by atoms with Crippen LogP contribution in [0.25, 0.3) is 10.4 Å². The van der Waals surface area contributed by atoms with Crippen LogP contribution in [0.2, 0.25) is 0 Å². The minimum absolute atomic E-state index is 0.00324. The van der Waals surface area contributed by atoms with Crippen molar-refractivity contribution in [1.29, 1.82) is 0 Å². The summed E-state index contributed by atoms with van der Waals surface area (Å²) in [6.07, 6.45) is -1.39. The van der Waals surface area contributed by atoms with Gasteiger partial charge in [0, 0.05) is 34.7 Å². The van der Waals surface area contributed by atoms with E-state index in [1.807, 2.05) is 0 Å². The van der Waals surface area contributed by atoms with Gasteiger partial charge in [0.1, 0.15) is 0 Å². The van der Waals surface area contributed by atoms with Gasteiger partial charge >= 0.3 is 11.9 Å². The van der Waals surface area contributed by atoms with Crippen molar-refractivity contribution in [2.75, 3.05) is 7.11 Å². The molecule has 1 rings (SSSR count). The molecule has 10 heteroatoms. The number of carbonyl (C=O) groups is 2. The Balaban J connectivity index is 3.53. The maximum Gasteiger partial charge on any atom is 0.337 e. The van der Waals surface area contributed by atoms with Crippen LogP contribution in [-0.4, -0.2) is 24.0 Å². The summed E-state index contributed by atoms with van der Waals surface area (Å²) < 4.78 is 9.69. The number of rotatable bonds is 7. The fraction of sp³-hybridized carbons (Fsp3) is 0.286. The highest BCUT2D eigenvalue weighted by atomic mass is 16.6. The van der Waals surface area contributed by atoms with Gasteiger partial charge < -0.3 is 9.47 Å². The molecule has 0 radical (unpaired) electrons. The Morgan fingerprint density at radius 3 is 2.67 bits per heavy atom. The van der Waals surface area contributed by atoms with Crippen molar-refractivity contribution in [1.82, 2.24) is 0 Å². The van der Waals surface area contributed by atoms with E-state index in [1.165, 1.54) is 13.0 Å². The van der Waals surface area contributed by atoms with Crippen LogP contribution < -0.4 is 0 Å². The number of non-ortho nitro benzene ring substituents is 1. The van der Waals surface area contributed by atoms with Gasteiger partial charge in [0.15, 0.2) is 6.10 Å². The van der Waals surface area contributed by atoms with E-state index in [-0.39, 0.29) is 28.9 Å². The third kappa shape index (κ3) is 4.31. The molecule has 0 fully saturated rings. The SMILES string of the molecule is C=C(C(=O)OC)C(OC(=O)CC)c1cc([N+](=O)[O-])ccc1N=[N+]=[N-]. The monoisotopic (exact) mass is 334 g/mol. The molecular weight excluding hydrogens is 320 g/mol. The van der Waals surface area contributed by atoms with Crippen molar-refractivity contribution >= 4 is 23.3 Å². The van der Waals surface area contributed by atoms with E-state index in [1.54, 1.807) is 0 Å². The number of hydrogen-bond acceptors (Lipinski definition) is 7. The summed E-state index contributed by atoms with van der Waals surface area (Å²) >= 11 is 0. The lowest BCUT2D eigenvalue weighted by atomic mass is 10.00. The second-order valence-corrected chi connectivity index (χ2v) is 4.43. The third-order valence-corrected chi connectivity index (χ3v) is 2.96. The molecule has 0 spiro atoms. The highest BCUT2D eigenvalue weighted by Crippen LogP contribution is 2.36. The summed E-state index contributed by atoms with van der Waals surface area (Å²) in [4.78, 5) is 36.3. The second-order valence-electron chi connectivity index (χ2n) is 4.43. The molecule has 0 saturated carbocycles. The molecule has 10 nitrogen and oxygen atoms in total. The molecule has 0 saturated heterocycles. The van der Waals surface area contributed by atoms with Crippen molar-refractivity contribution in [2.24, 2.45) is 5.11 Å². The Hall–Kier alpha value is -3.39. The van der Waals surface area contributed by atoms with Gasteiger partial charge in [0.05, 0.1) is 17.6 Å². The summed E-state index contributed by atoms with van der Waals surface area (Å²) in [7, 11) is 1.11. The number of azide groups is 1. The summed E-state index contributed by atoms with van der Waals surface area (Å²) in [6.45, 7) is 5.04. The zero-order chi connectivity index (χ0) is 18.3. The molecule has 0 N–H and O–H groups in total. The van der Waals surface area contributed by atoms with E-state index in [9.17, 15) is 19.7 Å². The van der Waals surface area contributed by atoms with E-state index in [2.05, 4.69) is 21.3 Å². The minimum atomic E-state index is -1.38. The summed E-state index contributed by atoms with van der Waals surface area (Å²) in [5.74, 6) is -1.55. The molecule has 0 aliphatic heterocycles. The number of methoxy groups -OCH3 is 1. The Bertz CT molecular complexity index is 739. The number of hydrogen-bond donors (Lipinski definition) is 0. The number of nitrogens with zero attached hydrogens (tertiary/aromatic N) is 4. The van der Waals surface area contributed by atoms with Crippen molar-refractivity contribution in [3.05, 3.63) is 56.5 Å². The predicted molar refractivity (Wildman–Crippen MR) is 82.2 cm³/mol. The van der Waals surface area contributed by atoms with Gasteiger partial charge in [0.2, 0.25) is 0 Å². The topological polar surface area (TPSA) is 145 Å². The Morgan fingerprint density at radius 1 is 1.50 bits per heavy atom. The maximum atomic E-state index is 11.7. The van der Waals surface area contributed by atoms with Crippen LogP contribution in [0.1, 0.15) is 25.0 Å². The van der Waals surface area contributed by atoms with Gasteiger partial charge in [0.25, 0.3) is 5.69 Å². The van der Waals surface area contributed by atoms with Crippen LogP contribution in [0, 0.1) is 10.1 Å². The van der Waals surface area contributed by atoms with E-state index < -0.39 is 23.0 Å². The van der Waals surface area contributed by atoms with Crippen LogP contribution in [0.3, 0.4) is 0 Å². The van der Waals surface area contributed by atoms with Crippen LogP contribution >= 0.6 is 0 Å². The smallest absolute Gasteiger partial charge is 0.337 e. The van der Waals surface area contributed by atoms with Crippen molar-refractivity contribution in [2.45, 2.75) is 19.4 Å². The zero-order valence-corrected chi connectivity index (χ0v) is 13.0. The molecular formula is C14H14N4O6. The molecule has 0 heterocycles. The molecule has 0 aliphatic rings. The Morgan fingerprint density at radius 2 is 2.17 bits per heavy atom. The molecule has 1 atom stereocenters.